The number of aromatic amines is 1. The number of ether oxygens (including phenoxy) is 2. The van der Waals surface area contributed by atoms with E-state index in [9.17, 15) is 4.79 Å². The van der Waals surface area contributed by atoms with Gasteiger partial charge in [-0.05, 0) is 18.2 Å². The fourth-order valence-corrected chi connectivity index (χ4v) is 3.07. The highest BCUT2D eigenvalue weighted by Gasteiger charge is 2.21. The molecule has 8 nitrogen and oxygen atoms in total. The lowest BCUT2D eigenvalue weighted by atomic mass is 10.1. The largest absolute Gasteiger partial charge is 0.483 e. The molecule has 0 spiro atoms. The van der Waals surface area contributed by atoms with Crippen LogP contribution in [0.1, 0.15) is 10.5 Å². The van der Waals surface area contributed by atoms with E-state index in [0.717, 1.165) is 22.0 Å². The number of hydrogen-bond donors (Lipinski definition) is 2. The minimum Gasteiger partial charge on any atom is -0.483 e. The molecular weight excluding hydrogens is 362 g/mol. The topological polar surface area (TPSA) is 105 Å². The second-order valence-electron chi connectivity index (χ2n) is 6.05. The first-order valence-corrected chi connectivity index (χ1v) is 8.75. The van der Waals surface area contributed by atoms with Crippen molar-refractivity contribution in [2.45, 2.75) is 0 Å². The molecule has 0 saturated carbocycles. The van der Waals surface area contributed by atoms with Crippen LogP contribution in [0, 0.1) is 0 Å². The summed E-state index contributed by atoms with van der Waals surface area (Å²) in [4.78, 5) is 30.4. The van der Waals surface area contributed by atoms with Crippen LogP contribution in [0.2, 0.25) is 0 Å². The molecule has 2 aromatic heterocycles. The normalized spacial score (nSPS) is 13.5. The number of carbonyl (C=O) groups excluding carboxylic acids is 1. The molecule has 3 heterocycles. The minimum atomic E-state index is -0.250. The molecular formula is C20H21N3O5. The van der Waals surface area contributed by atoms with Crippen molar-refractivity contribution in [3.8, 4) is 17.0 Å². The van der Waals surface area contributed by atoms with E-state index in [1.165, 1.54) is 0 Å². The number of amides is 1. The number of pyridine rings is 1. The average molecular weight is 383 g/mol. The number of H-pyrrole nitrogens is 1. The lowest BCUT2D eigenvalue weighted by Gasteiger charge is -2.26. The summed E-state index contributed by atoms with van der Waals surface area (Å²) >= 11 is 0. The lowest BCUT2D eigenvalue weighted by molar-refractivity contribution is -0.122. The Kier molecular flexibility index (Phi) is 6.23. The first-order chi connectivity index (χ1) is 13.7. The maximum atomic E-state index is 12.6. The summed E-state index contributed by atoms with van der Waals surface area (Å²) in [6.07, 6.45) is 1.82. The molecule has 4 rings (SSSR count). The van der Waals surface area contributed by atoms with Crippen molar-refractivity contribution in [2.75, 3.05) is 33.4 Å². The van der Waals surface area contributed by atoms with Crippen LogP contribution in [0.25, 0.3) is 22.0 Å². The molecule has 1 fully saturated rings. The van der Waals surface area contributed by atoms with Crippen molar-refractivity contribution in [1.29, 1.82) is 0 Å². The molecule has 1 aromatic carbocycles. The van der Waals surface area contributed by atoms with Gasteiger partial charge in [-0.1, -0.05) is 18.2 Å². The van der Waals surface area contributed by atoms with Gasteiger partial charge < -0.3 is 24.5 Å². The summed E-state index contributed by atoms with van der Waals surface area (Å²) in [6.45, 7) is 2.16. The number of benzene rings is 1. The molecule has 1 saturated heterocycles. The number of nitrogens with zero attached hydrogens (tertiary/aromatic N) is 2. The van der Waals surface area contributed by atoms with Crippen LogP contribution in [0.4, 0.5) is 0 Å². The maximum Gasteiger partial charge on any atom is 0.290 e. The van der Waals surface area contributed by atoms with Crippen molar-refractivity contribution in [2.24, 2.45) is 0 Å². The predicted octanol–water partition coefficient (Wildman–Crippen LogP) is 2.41. The third-order valence-electron chi connectivity index (χ3n) is 4.41. The van der Waals surface area contributed by atoms with Crippen molar-refractivity contribution in [3.63, 3.8) is 0 Å². The molecule has 3 aromatic rings. The molecule has 28 heavy (non-hydrogen) atoms. The van der Waals surface area contributed by atoms with Crippen LogP contribution >= 0.6 is 0 Å². The number of carboxylic acid groups (broad SMARTS) is 1. The van der Waals surface area contributed by atoms with Gasteiger partial charge in [-0.3, -0.25) is 9.59 Å². The Morgan fingerprint density at radius 3 is 2.71 bits per heavy atom. The molecule has 0 atom stereocenters. The fraction of sp³-hybridized carbons (Fsp3) is 0.250. The summed E-state index contributed by atoms with van der Waals surface area (Å²) in [5, 5.41) is 7.92. The van der Waals surface area contributed by atoms with Gasteiger partial charge in [0.2, 0.25) is 5.88 Å². The van der Waals surface area contributed by atoms with E-state index >= 15 is 0 Å². The smallest absolute Gasteiger partial charge is 0.290 e. The predicted molar refractivity (Wildman–Crippen MR) is 103 cm³/mol. The van der Waals surface area contributed by atoms with E-state index in [-0.39, 0.29) is 12.4 Å². The second kappa shape index (κ2) is 9.01. The van der Waals surface area contributed by atoms with Crippen molar-refractivity contribution >= 4 is 23.3 Å². The number of carbonyl (C=O) groups is 2. The average Bonchev–Trinajstić information content (AvgIpc) is 3.23. The number of morpholine rings is 1. The summed E-state index contributed by atoms with van der Waals surface area (Å²) in [5.41, 5.74) is 3.18. The second-order valence-corrected chi connectivity index (χ2v) is 6.05. The van der Waals surface area contributed by atoms with Gasteiger partial charge in [-0.15, -0.1) is 0 Å². The number of hydrogen-bond acceptors (Lipinski definition) is 5. The molecule has 1 aliphatic heterocycles. The molecule has 2 N–H and O–H groups in total. The zero-order chi connectivity index (χ0) is 19.9. The first kappa shape index (κ1) is 19.4. The van der Waals surface area contributed by atoms with Gasteiger partial charge in [-0.25, -0.2) is 4.98 Å². The Morgan fingerprint density at radius 1 is 1.29 bits per heavy atom. The molecule has 1 aliphatic rings. The van der Waals surface area contributed by atoms with Crippen molar-refractivity contribution in [3.05, 3.63) is 48.3 Å². The van der Waals surface area contributed by atoms with Crippen LogP contribution < -0.4 is 4.74 Å². The van der Waals surface area contributed by atoms with Gasteiger partial charge in [0.25, 0.3) is 12.4 Å². The van der Waals surface area contributed by atoms with Gasteiger partial charge in [-0.2, -0.15) is 0 Å². The number of para-hydroxylation sites is 1. The highest BCUT2D eigenvalue weighted by atomic mass is 16.5. The van der Waals surface area contributed by atoms with Crippen LogP contribution in [0.5, 0.6) is 5.88 Å². The first-order valence-electron chi connectivity index (χ1n) is 8.75. The number of nitrogens with one attached hydrogen (secondary N) is 1. The van der Waals surface area contributed by atoms with Gasteiger partial charge in [0.1, 0.15) is 5.69 Å². The van der Waals surface area contributed by atoms with Crippen molar-refractivity contribution in [1.82, 2.24) is 14.9 Å². The SMILES string of the molecule is COc1nc2ccccc2cc1-c1c[nH]c(C(=O)N2CCOCC2)c1.O=CO. The number of rotatable bonds is 3. The van der Waals surface area contributed by atoms with Crippen LogP contribution in [-0.2, 0) is 9.53 Å². The quantitative estimate of drug-likeness (QED) is 0.673. The van der Waals surface area contributed by atoms with Crippen molar-refractivity contribution < 1.29 is 24.2 Å². The molecule has 146 valence electrons. The Labute approximate surface area is 161 Å². The van der Waals surface area contributed by atoms with E-state index in [0.29, 0.717) is 37.9 Å². The molecule has 0 radical (unpaired) electrons. The molecule has 8 heteroatoms. The van der Waals surface area contributed by atoms with Gasteiger partial charge in [0.05, 0.1) is 25.8 Å². The standard InChI is InChI=1S/C19H19N3O3.CH2O2/c1-24-18-15(10-13-4-2-3-5-16(13)21-18)14-11-17(20-12-14)19(23)22-6-8-25-9-7-22;2-1-3/h2-5,10-12,20H,6-9H2,1H3;1H,(H,2,3). The minimum absolute atomic E-state index is 0.0118. The summed E-state index contributed by atoms with van der Waals surface area (Å²) in [5.74, 6) is 0.533. The number of fused-ring (bicyclic) bond motifs is 1. The van der Waals surface area contributed by atoms with Crippen LogP contribution in [0.3, 0.4) is 0 Å². The van der Waals surface area contributed by atoms with Crippen LogP contribution in [-0.4, -0.2) is 65.8 Å². The maximum absolute atomic E-state index is 12.6. The number of aromatic nitrogens is 2. The number of methoxy groups -OCH3 is 1. The molecule has 0 aliphatic carbocycles. The highest BCUT2D eigenvalue weighted by molar-refractivity contribution is 5.95. The fourth-order valence-electron chi connectivity index (χ4n) is 3.07. The molecule has 0 bridgehead atoms. The Hall–Kier alpha value is -3.39. The highest BCUT2D eigenvalue weighted by Crippen LogP contribution is 2.32. The van der Waals surface area contributed by atoms with Gasteiger partial charge in [0.15, 0.2) is 0 Å². The summed E-state index contributed by atoms with van der Waals surface area (Å²) < 4.78 is 10.8. The monoisotopic (exact) mass is 383 g/mol. The molecule has 1 amide bonds. The zero-order valence-corrected chi connectivity index (χ0v) is 15.4. The zero-order valence-electron chi connectivity index (χ0n) is 15.4. The van der Waals surface area contributed by atoms with E-state index in [1.807, 2.05) is 42.6 Å². The van der Waals surface area contributed by atoms with E-state index in [2.05, 4.69) is 9.97 Å². The Morgan fingerprint density at radius 2 is 2.00 bits per heavy atom. The summed E-state index contributed by atoms with van der Waals surface area (Å²) in [6, 6.07) is 11.8. The molecule has 0 unspecified atom stereocenters. The van der Waals surface area contributed by atoms with E-state index in [1.54, 1.807) is 12.0 Å². The van der Waals surface area contributed by atoms with E-state index < -0.39 is 0 Å². The van der Waals surface area contributed by atoms with Crippen LogP contribution in [0.15, 0.2) is 42.6 Å². The van der Waals surface area contributed by atoms with E-state index in [4.69, 9.17) is 19.4 Å². The lowest BCUT2D eigenvalue weighted by Crippen LogP contribution is -2.40. The van der Waals surface area contributed by atoms with Gasteiger partial charge in [0, 0.05) is 35.8 Å². The Bertz CT molecular complexity index is 963. The van der Waals surface area contributed by atoms with Gasteiger partial charge >= 0.3 is 0 Å². The Balaban J connectivity index is 0.000000706. The third-order valence-corrected chi connectivity index (χ3v) is 4.41. The summed E-state index contributed by atoms with van der Waals surface area (Å²) in [7, 11) is 1.60. The third kappa shape index (κ3) is 4.12.